The zero-order valence-corrected chi connectivity index (χ0v) is 6.08. The lowest BCUT2D eigenvalue weighted by Crippen LogP contribution is -2.42. The molecule has 0 aromatic heterocycles. The third kappa shape index (κ3) is 2.19. The van der Waals surface area contributed by atoms with Gasteiger partial charge in [0.25, 0.3) is 0 Å². The molecule has 3 heteroatoms. The van der Waals surface area contributed by atoms with Crippen LogP contribution < -0.4 is 5.32 Å². The summed E-state index contributed by atoms with van der Waals surface area (Å²) < 4.78 is 0. The highest BCUT2D eigenvalue weighted by atomic mass is 15.2. The number of hydrogen-bond donors (Lipinski definition) is 1. The predicted molar refractivity (Wildman–Crippen MR) is 43.1 cm³/mol. The number of hydrogen-bond acceptors (Lipinski definition) is 2. The van der Waals surface area contributed by atoms with Gasteiger partial charge in [-0.25, -0.2) is 4.99 Å². The maximum Gasteiger partial charge on any atom is 0.0905 e. The van der Waals surface area contributed by atoms with E-state index in [1.165, 1.54) is 0 Å². The first-order chi connectivity index (χ1) is 4.93. The lowest BCUT2D eigenvalue weighted by Gasteiger charge is -2.24. The third-order valence-corrected chi connectivity index (χ3v) is 1.49. The summed E-state index contributed by atoms with van der Waals surface area (Å²) in [5.74, 6) is 0. The van der Waals surface area contributed by atoms with E-state index in [0.717, 1.165) is 26.2 Å². The fourth-order valence-corrected chi connectivity index (χ4v) is 0.939. The molecule has 1 fully saturated rings. The van der Waals surface area contributed by atoms with Crippen molar-refractivity contribution in [3.63, 3.8) is 0 Å². The van der Waals surface area contributed by atoms with Crippen LogP contribution in [0.2, 0.25) is 0 Å². The molecule has 0 unspecified atom stereocenters. The minimum atomic E-state index is 1.05. The molecule has 10 heavy (non-hydrogen) atoms. The van der Waals surface area contributed by atoms with Crippen molar-refractivity contribution in [1.82, 2.24) is 10.2 Å². The highest BCUT2D eigenvalue weighted by Crippen LogP contribution is 1.86. The Morgan fingerprint density at radius 2 is 2.10 bits per heavy atom. The van der Waals surface area contributed by atoms with Gasteiger partial charge < -0.3 is 10.2 Å². The SMILES string of the molecule is C=CN=CN1CCNCC1. The minimum Gasteiger partial charge on any atom is -0.360 e. The highest BCUT2D eigenvalue weighted by molar-refractivity contribution is 5.55. The fraction of sp³-hybridized carbons (Fsp3) is 0.571. The van der Waals surface area contributed by atoms with Gasteiger partial charge in [-0.05, 0) is 0 Å². The molecule has 1 saturated heterocycles. The van der Waals surface area contributed by atoms with Gasteiger partial charge in [0.05, 0.1) is 6.34 Å². The average Bonchev–Trinajstić information content (AvgIpc) is 2.03. The summed E-state index contributed by atoms with van der Waals surface area (Å²) in [6.07, 6.45) is 3.40. The molecule has 1 aliphatic heterocycles. The van der Waals surface area contributed by atoms with E-state index in [4.69, 9.17) is 0 Å². The summed E-state index contributed by atoms with van der Waals surface area (Å²) in [4.78, 5) is 6.11. The summed E-state index contributed by atoms with van der Waals surface area (Å²) in [6.45, 7) is 7.73. The van der Waals surface area contributed by atoms with Crippen LogP contribution in [0, 0.1) is 0 Å². The maximum atomic E-state index is 3.93. The number of nitrogens with one attached hydrogen (secondary N) is 1. The first-order valence-corrected chi connectivity index (χ1v) is 3.52. The van der Waals surface area contributed by atoms with Crippen LogP contribution in [0.3, 0.4) is 0 Å². The molecule has 0 amide bonds. The Balaban J connectivity index is 2.25. The van der Waals surface area contributed by atoms with Gasteiger partial charge in [-0.2, -0.15) is 0 Å². The third-order valence-electron chi connectivity index (χ3n) is 1.49. The Hall–Kier alpha value is -0.830. The van der Waals surface area contributed by atoms with E-state index in [1.54, 1.807) is 6.20 Å². The molecule has 0 aliphatic carbocycles. The van der Waals surface area contributed by atoms with Crippen LogP contribution in [0.4, 0.5) is 0 Å². The molecular formula is C7H13N3. The monoisotopic (exact) mass is 139 g/mol. The first kappa shape index (κ1) is 7.28. The molecule has 0 aromatic carbocycles. The van der Waals surface area contributed by atoms with Crippen molar-refractivity contribution in [2.24, 2.45) is 4.99 Å². The van der Waals surface area contributed by atoms with E-state index in [0.29, 0.717) is 0 Å². The van der Waals surface area contributed by atoms with Crippen molar-refractivity contribution in [3.05, 3.63) is 12.8 Å². The van der Waals surface area contributed by atoms with Crippen LogP contribution in [-0.2, 0) is 0 Å². The molecule has 0 aromatic rings. The zero-order valence-electron chi connectivity index (χ0n) is 6.08. The maximum absolute atomic E-state index is 3.93. The fourth-order valence-electron chi connectivity index (χ4n) is 0.939. The second-order valence-corrected chi connectivity index (χ2v) is 2.23. The van der Waals surface area contributed by atoms with Crippen molar-refractivity contribution in [1.29, 1.82) is 0 Å². The van der Waals surface area contributed by atoms with Crippen molar-refractivity contribution in [3.8, 4) is 0 Å². The zero-order chi connectivity index (χ0) is 7.23. The molecule has 1 aliphatic rings. The van der Waals surface area contributed by atoms with Gasteiger partial charge in [-0.3, -0.25) is 0 Å². The van der Waals surface area contributed by atoms with Gasteiger partial charge in [-0.1, -0.05) is 6.58 Å². The van der Waals surface area contributed by atoms with Crippen molar-refractivity contribution >= 4 is 6.34 Å². The molecule has 0 saturated carbocycles. The Kier molecular flexibility index (Phi) is 2.96. The Labute approximate surface area is 61.4 Å². The Bertz CT molecular complexity index is 125. The highest BCUT2D eigenvalue weighted by Gasteiger charge is 2.03. The van der Waals surface area contributed by atoms with Crippen LogP contribution >= 0.6 is 0 Å². The van der Waals surface area contributed by atoms with Crippen LogP contribution in [0.5, 0.6) is 0 Å². The van der Waals surface area contributed by atoms with Gasteiger partial charge in [-0.15, -0.1) is 0 Å². The molecular weight excluding hydrogens is 126 g/mol. The molecule has 56 valence electrons. The number of nitrogens with zero attached hydrogens (tertiary/aromatic N) is 2. The number of piperazine rings is 1. The molecule has 1 heterocycles. The van der Waals surface area contributed by atoms with Gasteiger partial charge >= 0.3 is 0 Å². The van der Waals surface area contributed by atoms with E-state index < -0.39 is 0 Å². The van der Waals surface area contributed by atoms with Crippen molar-refractivity contribution < 1.29 is 0 Å². The summed E-state index contributed by atoms with van der Waals surface area (Å²) in [6, 6.07) is 0. The molecule has 1 N–H and O–H groups in total. The van der Waals surface area contributed by atoms with E-state index in [2.05, 4.69) is 21.8 Å². The normalized spacial score (nSPS) is 19.8. The Morgan fingerprint density at radius 3 is 2.70 bits per heavy atom. The van der Waals surface area contributed by atoms with Crippen molar-refractivity contribution in [2.75, 3.05) is 26.2 Å². The topological polar surface area (TPSA) is 27.6 Å². The van der Waals surface area contributed by atoms with Crippen LogP contribution in [0.25, 0.3) is 0 Å². The standard InChI is InChI=1S/C7H13N3/c1-2-8-7-10-5-3-9-4-6-10/h2,7,9H,1,3-6H2. The summed E-state index contributed by atoms with van der Waals surface area (Å²) in [5, 5.41) is 3.26. The largest absolute Gasteiger partial charge is 0.360 e. The predicted octanol–water partition coefficient (Wildman–Crippen LogP) is 0.0634. The average molecular weight is 139 g/mol. The number of aliphatic imine (C=N–C) groups is 1. The summed E-state index contributed by atoms with van der Waals surface area (Å²) >= 11 is 0. The smallest absolute Gasteiger partial charge is 0.0905 e. The summed E-state index contributed by atoms with van der Waals surface area (Å²) in [5.41, 5.74) is 0. The molecule has 0 radical (unpaired) electrons. The summed E-state index contributed by atoms with van der Waals surface area (Å²) in [7, 11) is 0. The quantitative estimate of drug-likeness (QED) is 0.433. The van der Waals surface area contributed by atoms with Crippen LogP contribution in [-0.4, -0.2) is 37.4 Å². The van der Waals surface area contributed by atoms with E-state index in [1.807, 2.05) is 6.34 Å². The van der Waals surface area contributed by atoms with E-state index in [9.17, 15) is 0 Å². The second kappa shape index (κ2) is 4.06. The lowest BCUT2D eigenvalue weighted by molar-refractivity contribution is 0.366. The first-order valence-electron chi connectivity index (χ1n) is 3.52. The molecule has 3 nitrogen and oxygen atoms in total. The van der Waals surface area contributed by atoms with Gasteiger partial charge in [0.2, 0.25) is 0 Å². The van der Waals surface area contributed by atoms with Gasteiger partial charge in [0.1, 0.15) is 0 Å². The van der Waals surface area contributed by atoms with Crippen LogP contribution in [0.15, 0.2) is 17.8 Å². The Morgan fingerprint density at radius 1 is 1.40 bits per heavy atom. The van der Waals surface area contributed by atoms with E-state index >= 15 is 0 Å². The van der Waals surface area contributed by atoms with Gasteiger partial charge in [0.15, 0.2) is 0 Å². The number of rotatable bonds is 2. The minimum absolute atomic E-state index is 1.05. The van der Waals surface area contributed by atoms with Crippen LogP contribution in [0.1, 0.15) is 0 Å². The molecule has 0 bridgehead atoms. The molecule has 0 atom stereocenters. The molecule has 0 spiro atoms. The molecule has 1 rings (SSSR count). The lowest BCUT2D eigenvalue weighted by atomic mass is 10.4. The van der Waals surface area contributed by atoms with Gasteiger partial charge in [0, 0.05) is 32.4 Å². The van der Waals surface area contributed by atoms with E-state index in [-0.39, 0.29) is 0 Å². The second-order valence-electron chi connectivity index (χ2n) is 2.23. The van der Waals surface area contributed by atoms with Crippen molar-refractivity contribution in [2.45, 2.75) is 0 Å².